The molecule has 0 fully saturated rings. The number of carbonyl (C=O) groups excluding carboxylic acids is 1. The van der Waals surface area contributed by atoms with Crippen molar-refractivity contribution in [1.29, 1.82) is 0 Å². The van der Waals surface area contributed by atoms with Gasteiger partial charge in [0, 0.05) is 17.7 Å². The molecular weight excluding hydrogens is 420 g/mol. The SMILES string of the molecule is COc1ccc(C(=O)Nc2n[nH]c3c2CNC3S(=O)(=O)c2cccc(C)c2)cc1OC. The normalized spacial score (nSPS) is 15.4. The van der Waals surface area contributed by atoms with E-state index >= 15 is 0 Å². The highest BCUT2D eigenvalue weighted by Crippen LogP contribution is 2.36. The second-order valence-electron chi connectivity index (χ2n) is 7.11. The van der Waals surface area contributed by atoms with Crippen LogP contribution in [-0.2, 0) is 16.4 Å². The first-order valence-electron chi connectivity index (χ1n) is 9.49. The van der Waals surface area contributed by atoms with E-state index in [2.05, 4.69) is 20.8 Å². The minimum Gasteiger partial charge on any atom is -0.493 e. The minimum atomic E-state index is -3.68. The number of carbonyl (C=O) groups is 1. The van der Waals surface area contributed by atoms with Crippen molar-refractivity contribution in [3.05, 3.63) is 64.8 Å². The summed E-state index contributed by atoms with van der Waals surface area (Å²) >= 11 is 0. The van der Waals surface area contributed by atoms with Crippen molar-refractivity contribution >= 4 is 21.6 Å². The van der Waals surface area contributed by atoms with E-state index < -0.39 is 21.1 Å². The van der Waals surface area contributed by atoms with Crippen molar-refractivity contribution in [3.8, 4) is 11.5 Å². The van der Waals surface area contributed by atoms with Gasteiger partial charge in [-0.05, 0) is 42.8 Å². The molecule has 3 N–H and O–H groups in total. The summed E-state index contributed by atoms with van der Waals surface area (Å²) in [5.41, 5.74) is 2.23. The first-order valence-corrected chi connectivity index (χ1v) is 11.0. The summed E-state index contributed by atoms with van der Waals surface area (Å²) in [5.74, 6) is 0.811. The van der Waals surface area contributed by atoms with E-state index in [0.29, 0.717) is 28.3 Å². The van der Waals surface area contributed by atoms with Gasteiger partial charge in [0.2, 0.25) is 0 Å². The maximum atomic E-state index is 13.1. The number of nitrogens with zero attached hydrogens (tertiary/aromatic N) is 1. The summed E-state index contributed by atoms with van der Waals surface area (Å²) in [6.07, 6.45) is 0. The fourth-order valence-electron chi connectivity index (χ4n) is 3.53. The van der Waals surface area contributed by atoms with Gasteiger partial charge in [0.15, 0.2) is 32.5 Å². The molecule has 31 heavy (non-hydrogen) atoms. The van der Waals surface area contributed by atoms with Crippen LogP contribution in [0.4, 0.5) is 5.82 Å². The summed E-state index contributed by atoms with van der Waals surface area (Å²) in [6, 6.07) is 11.5. The summed E-state index contributed by atoms with van der Waals surface area (Å²) in [5, 5.41) is 11.7. The van der Waals surface area contributed by atoms with Crippen LogP contribution in [0, 0.1) is 6.92 Å². The monoisotopic (exact) mass is 442 g/mol. The number of ether oxygens (including phenoxy) is 2. The van der Waals surface area contributed by atoms with Crippen molar-refractivity contribution in [2.45, 2.75) is 23.7 Å². The lowest BCUT2D eigenvalue weighted by Gasteiger charge is -2.12. The van der Waals surface area contributed by atoms with E-state index in [0.717, 1.165) is 5.56 Å². The minimum absolute atomic E-state index is 0.225. The quantitative estimate of drug-likeness (QED) is 0.536. The zero-order chi connectivity index (χ0) is 22.2. The Morgan fingerprint density at radius 2 is 1.90 bits per heavy atom. The number of hydrogen-bond donors (Lipinski definition) is 3. The molecular formula is C21H22N4O5S. The molecule has 0 saturated heterocycles. The van der Waals surface area contributed by atoms with Crippen LogP contribution in [0.2, 0.25) is 0 Å². The maximum absolute atomic E-state index is 13.1. The molecule has 1 aliphatic heterocycles. The molecule has 1 amide bonds. The average molecular weight is 442 g/mol. The number of fused-ring (bicyclic) bond motifs is 1. The number of hydrogen-bond acceptors (Lipinski definition) is 7. The van der Waals surface area contributed by atoms with Gasteiger partial charge < -0.3 is 14.8 Å². The summed E-state index contributed by atoms with van der Waals surface area (Å²) < 4.78 is 36.6. The van der Waals surface area contributed by atoms with Crippen molar-refractivity contribution in [1.82, 2.24) is 15.5 Å². The zero-order valence-corrected chi connectivity index (χ0v) is 18.0. The Kier molecular flexibility index (Phi) is 5.42. The number of aromatic nitrogens is 2. The fraction of sp³-hybridized carbons (Fsp3) is 0.238. The van der Waals surface area contributed by atoms with Crippen LogP contribution in [0.15, 0.2) is 47.4 Å². The topological polar surface area (TPSA) is 122 Å². The van der Waals surface area contributed by atoms with Gasteiger partial charge in [0.25, 0.3) is 5.91 Å². The van der Waals surface area contributed by atoms with Crippen LogP contribution >= 0.6 is 0 Å². The Balaban J connectivity index is 1.59. The van der Waals surface area contributed by atoms with Gasteiger partial charge in [0.05, 0.1) is 24.8 Å². The van der Waals surface area contributed by atoms with Crippen LogP contribution in [0.25, 0.3) is 0 Å². The molecule has 162 valence electrons. The molecule has 0 spiro atoms. The predicted octanol–water partition coefficient (Wildman–Crippen LogP) is 2.56. The Bertz CT molecular complexity index is 1250. The molecule has 2 aromatic carbocycles. The van der Waals surface area contributed by atoms with Crippen LogP contribution in [0.1, 0.15) is 32.6 Å². The van der Waals surface area contributed by atoms with Crippen molar-refractivity contribution in [3.63, 3.8) is 0 Å². The zero-order valence-electron chi connectivity index (χ0n) is 17.2. The molecule has 1 unspecified atom stereocenters. The molecule has 0 bridgehead atoms. The van der Waals surface area contributed by atoms with E-state index in [1.807, 2.05) is 13.0 Å². The summed E-state index contributed by atoms with van der Waals surface area (Å²) in [4.78, 5) is 12.9. The van der Waals surface area contributed by atoms with Gasteiger partial charge in [-0.2, -0.15) is 5.10 Å². The Morgan fingerprint density at radius 1 is 1.13 bits per heavy atom. The molecule has 10 heteroatoms. The molecule has 1 atom stereocenters. The Labute approximate surface area is 179 Å². The molecule has 1 aromatic heterocycles. The third-order valence-electron chi connectivity index (χ3n) is 5.13. The lowest BCUT2D eigenvalue weighted by atomic mass is 10.2. The molecule has 0 radical (unpaired) electrons. The number of benzene rings is 2. The van der Waals surface area contributed by atoms with E-state index in [4.69, 9.17) is 9.47 Å². The number of nitrogens with one attached hydrogen (secondary N) is 3. The number of rotatable bonds is 6. The van der Waals surface area contributed by atoms with Gasteiger partial charge in [-0.25, -0.2) is 8.42 Å². The second kappa shape index (κ2) is 8.05. The average Bonchev–Trinajstić information content (AvgIpc) is 3.36. The highest BCUT2D eigenvalue weighted by Gasteiger charge is 2.38. The van der Waals surface area contributed by atoms with Crippen LogP contribution < -0.4 is 20.1 Å². The molecule has 1 aliphatic rings. The third-order valence-corrected chi connectivity index (χ3v) is 7.07. The van der Waals surface area contributed by atoms with Crippen LogP contribution in [0.3, 0.4) is 0 Å². The fourth-order valence-corrected chi connectivity index (χ4v) is 5.22. The van der Waals surface area contributed by atoms with Crippen molar-refractivity contribution < 1.29 is 22.7 Å². The standard InChI is InChI=1S/C21H22N4O5S/c1-12-5-4-6-14(9-12)31(27,28)21-18-15(11-22-21)19(25-24-18)23-20(26)13-7-8-16(29-2)17(10-13)30-3/h4-10,21-22H,11H2,1-3H3,(H2,23,24,25,26). The van der Waals surface area contributed by atoms with Gasteiger partial charge in [-0.3, -0.25) is 15.2 Å². The smallest absolute Gasteiger partial charge is 0.257 e. The number of H-pyrrole nitrogens is 1. The summed E-state index contributed by atoms with van der Waals surface area (Å²) in [7, 11) is -0.685. The largest absolute Gasteiger partial charge is 0.493 e. The lowest BCUT2D eigenvalue weighted by molar-refractivity contribution is 0.102. The molecule has 2 heterocycles. The highest BCUT2D eigenvalue weighted by atomic mass is 32.2. The number of amides is 1. The Morgan fingerprint density at radius 3 is 2.61 bits per heavy atom. The van der Waals surface area contributed by atoms with E-state index in [9.17, 15) is 13.2 Å². The number of aryl methyl sites for hydroxylation is 1. The molecule has 9 nitrogen and oxygen atoms in total. The second-order valence-corrected chi connectivity index (χ2v) is 9.14. The first kappa shape index (κ1) is 20.9. The van der Waals surface area contributed by atoms with E-state index in [-0.39, 0.29) is 17.3 Å². The van der Waals surface area contributed by atoms with Gasteiger partial charge in [-0.1, -0.05) is 12.1 Å². The number of sulfone groups is 1. The van der Waals surface area contributed by atoms with Gasteiger partial charge >= 0.3 is 0 Å². The molecule has 0 saturated carbocycles. The van der Waals surface area contributed by atoms with Crippen molar-refractivity contribution in [2.75, 3.05) is 19.5 Å². The summed E-state index contributed by atoms with van der Waals surface area (Å²) in [6.45, 7) is 2.09. The number of methoxy groups -OCH3 is 2. The Hall–Kier alpha value is -3.37. The maximum Gasteiger partial charge on any atom is 0.257 e. The third kappa shape index (κ3) is 3.75. The highest BCUT2D eigenvalue weighted by molar-refractivity contribution is 7.91. The molecule has 0 aliphatic carbocycles. The van der Waals surface area contributed by atoms with Crippen molar-refractivity contribution in [2.24, 2.45) is 0 Å². The number of anilines is 1. The van der Waals surface area contributed by atoms with Gasteiger partial charge in [0.1, 0.15) is 0 Å². The predicted molar refractivity (Wildman–Crippen MR) is 114 cm³/mol. The molecule has 3 aromatic rings. The first-order chi connectivity index (χ1) is 14.8. The van der Waals surface area contributed by atoms with E-state index in [1.165, 1.54) is 14.2 Å². The lowest BCUT2D eigenvalue weighted by Crippen LogP contribution is -2.23. The molecule has 4 rings (SSSR count). The van der Waals surface area contributed by atoms with Crippen LogP contribution in [-0.4, -0.2) is 38.7 Å². The van der Waals surface area contributed by atoms with E-state index in [1.54, 1.807) is 36.4 Å². The van der Waals surface area contributed by atoms with Gasteiger partial charge in [-0.15, -0.1) is 0 Å². The number of aromatic amines is 1. The van der Waals surface area contributed by atoms with Crippen LogP contribution in [0.5, 0.6) is 11.5 Å².